The number of nitrogens with zero attached hydrogens (tertiary/aromatic N) is 4. The number of carbonyl (C=O) groups excluding carboxylic acids is 2. The van der Waals surface area contributed by atoms with E-state index < -0.39 is 6.36 Å². The van der Waals surface area contributed by atoms with Crippen molar-refractivity contribution in [3.63, 3.8) is 0 Å². The Hall–Kier alpha value is -3.63. The van der Waals surface area contributed by atoms with Crippen molar-refractivity contribution in [2.24, 2.45) is 11.8 Å². The molecule has 2 aliphatic heterocycles. The molecule has 3 heterocycles. The summed E-state index contributed by atoms with van der Waals surface area (Å²) < 4.78 is 41.3. The van der Waals surface area contributed by atoms with E-state index in [0.29, 0.717) is 67.5 Å². The molecule has 1 N–H and O–H groups in total. The van der Waals surface area contributed by atoms with E-state index in [1.54, 1.807) is 31.2 Å². The SMILES string of the molecule is Cc1cc(OC(F)(F)F)ccc1CCC(=O)N1CCC2CN(C(=O)c3ccc4n[nH]nc4c3)C[C@H]2CC1. The number of ether oxygens (including phenoxy) is 1. The Morgan fingerprint density at radius 2 is 1.70 bits per heavy atom. The summed E-state index contributed by atoms with van der Waals surface area (Å²) in [6.45, 7) is 4.35. The zero-order valence-electron chi connectivity index (χ0n) is 20.4. The van der Waals surface area contributed by atoms with Crippen LogP contribution in [0.2, 0.25) is 0 Å². The summed E-state index contributed by atoms with van der Waals surface area (Å²) in [6.07, 6.45) is -2.30. The third kappa shape index (κ3) is 5.70. The smallest absolute Gasteiger partial charge is 0.406 e. The Morgan fingerprint density at radius 3 is 2.38 bits per heavy atom. The van der Waals surface area contributed by atoms with Crippen LogP contribution in [-0.2, 0) is 11.2 Å². The fraction of sp³-hybridized carbons (Fsp3) is 0.462. The van der Waals surface area contributed by atoms with Gasteiger partial charge in [-0.3, -0.25) is 9.59 Å². The average Bonchev–Trinajstić information content (AvgIpc) is 3.44. The van der Waals surface area contributed by atoms with Crippen LogP contribution in [0, 0.1) is 18.8 Å². The van der Waals surface area contributed by atoms with Gasteiger partial charge in [-0.1, -0.05) is 6.07 Å². The number of hydrogen-bond donors (Lipinski definition) is 1. The molecule has 196 valence electrons. The third-order valence-corrected chi connectivity index (χ3v) is 7.48. The molecule has 0 spiro atoms. The monoisotopic (exact) mass is 515 g/mol. The molecule has 0 bridgehead atoms. The first kappa shape index (κ1) is 25.0. The van der Waals surface area contributed by atoms with Crippen LogP contribution in [-0.4, -0.2) is 69.6 Å². The number of likely N-dealkylation sites (tertiary alicyclic amines) is 2. The van der Waals surface area contributed by atoms with Gasteiger partial charge >= 0.3 is 6.36 Å². The van der Waals surface area contributed by atoms with Gasteiger partial charge in [-0.15, -0.1) is 13.2 Å². The Morgan fingerprint density at radius 1 is 1.00 bits per heavy atom. The first-order valence-electron chi connectivity index (χ1n) is 12.4. The van der Waals surface area contributed by atoms with Gasteiger partial charge in [0.05, 0.1) is 0 Å². The molecule has 3 aromatic rings. The number of fused-ring (bicyclic) bond motifs is 2. The van der Waals surface area contributed by atoms with Crippen molar-refractivity contribution < 1.29 is 27.5 Å². The van der Waals surface area contributed by atoms with Crippen molar-refractivity contribution in [2.75, 3.05) is 26.2 Å². The average molecular weight is 516 g/mol. The van der Waals surface area contributed by atoms with Gasteiger partial charge in [-0.2, -0.15) is 15.4 Å². The van der Waals surface area contributed by atoms with Crippen molar-refractivity contribution in [3.05, 3.63) is 53.1 Å². The minimum atomic E-state index is -4.73. The minimum Gasteiger partial charge on any atom is -0.406 e. The number of aromatic nitrogens is 3. The van der Waals surface area contributed by atoms with Gasteiger partial charge in [0, 0.05) is 38.2 Å². The molecule has 37 heavy (non-hydrogen) atoms. The lowest BCUT2D eigenvalue weighted by molar-refractivity contribution is -0.274. The molecule has 1 aromatic heterocycles. The van der Waals surface area contributed by atoms with E-state index in [2.05, 4.69) is 20.1 Å². The molecule has 11 heteroatoms. The zero-order valence-corrected chi connectivity index (χ0v) is 20.4. The molecule has 2 saturated heterocycles. The van der Waals surface area contributed by atoms with Crippen LogP contribution in [0.25, 0.3) is 11.0 Å². The number of hydrogen-bond acceptors (Lipinski definition) is 5. The van der Waals surface area contributed by atoms with Gasteiger partial charge in [0.25, 0.3) is 5.91 Å². The number of rotatable bonds is 5. The second-order valence-corrected chi connectivity index (χ2v) is 9.85. The third-order valence-electron chi connectivity index (χ3n) is 7.48. The second-order valence-electron chi connectivity index (χ2n) is 9.85. The van der Waals surface area contributed by atoms with Crippen LogP contribution in [0.15, 0.2) is 36.4 Å². The normalized spacial score (nSPS) is 20.1. The highest BCUT2D eigenvalue weighted by Crippen LogP contribution is 2.33. The quantitative estimate of drug-likeness (QED) is 0.552. The first-order valence-corrected chi connectivity index (χ1v) is 12.4. The molecule has 2 atom stereocenters. The lowest BCUT2D eigenvalue weighted by Crippen LogP contribution is -2.34. The van der Waals surface area contributed by atoms with E-state index in [1.165, 1.54) is 12.1 Å². The number of benzene rings is 2. The Kier molecular flexibility index (Phi) is 6.78. The number of nitrogens with one attached hydrogen (secondary N) is 1. The molecule has 0 radical (unpaired) electrons. The van der Waals surface area contributed by atoms with Crippen LogP contribution in [0.1, 0.15) is 40.7 Å². The van der Waals surface area contributed by atoms with E-state index >= 15 is 0 Å². The first-order chi connectivity index (χ1) is 17.7. The van der Waals surface area contributed by atoms with E-state index in [4.69, 9.17) is 0 Å². The molecular formula is C26H28F3N5O3. The predicted octanol–water partition coefficient (Wildman–Crippen LogP) is 4.11. The second kappa shape index (κ2) is 10.0. The van der Waals surface area contributed by atoms with E-state index in [1.807, 2.05) is 9.80 Å². The molecule has 0 aliphatic carbocycles. The number of aromatic amines is 1. The van der Waals surface area contributed by atoms with Crippen molar-refractivity contribution in [1.82, 2.24) is 25.2 Å². The molecule has 2 amide bonds. The number of H-pyrrole nitrogens is 1. The lowest BCUT2D eigenvalue weighted by atomic mass is 9.92. The molecule has 2 aliphatic rings. The summed E-state index contributed by atoms with van der Waals surface area (Å²) >= 11 is 0. The van der Waals surface area contributed by atoms with Gasteiger partial charge in [-0.05, 0) is 79.5 Å². The highest BCUT2D eigenvalue weighted by molar-refractivity contribution is 5.97. The highest BCUT2D eigenvalue weighted by atomic mass is 19.4. The summed E-state index contributed by atoms with van der Waals surface area (Å²) in [4.78, 5) is 29.8. The number of amides is 2. The zero-order chi connectivity index (χ0) is 26.2. The van der Waals surface area contributed by atoms with Crippen molar-refractivity contribution in [1.29, 1.82) is 0 Å². The Labute approximate surface area is 211 Å². The van der Waals surface area contributed by atoms with Crippen LogP contribution >= 0.6 is 0 Å². The summed E-state index contributed by atoms with van der Waals surface area (Å²) in [5.74, 6) is 0.476. The van der Waals surface area contributed by atoms with Crippen molar-refractivity contribution >= 4 is 22.8 Å². The van der Waals surface area contributed by atoms with Gasteiger partial charge in [0.2, 0.25) is 5.91 Å². The molecule has 1 unspecified atom stereocenters. The minimum absolute atomic E-state index is 0.00655. The molecular weight excluding hydrogens is 487 g/mol. The lowest BCUT2D eigenvalue weighted by Gasteiger charge is -2.23. The van der Waals surface area contributed by atoms with E-state index in [9.17, 15) is 22.8 Å². The maximum Gasteiger partial charge on any atom is 0.573 e. The summed E-state index contributed by atoms with van der Waals surface area (Å²) in [5.41, 5.74) is 3.47. The van der Waals surface area contributed by atoms with E-state index in [-0.39, 0.29) is 17.6 Å². The van der Waals surface area contributed by atoms with Gasteiger partial charge in [0.1, 0.15) is 16.8 Å². The number of halogens is 3. The van der Waals surface area contributed by atoms with Gasteiger partial charge < -0.3 is 14.5 Å². The maximum atomic E-state index is 13.1. The Balaban J connectivity index is 1.13. The molecule has 0 saturated carbocycles. The molecule has 2 aromatic carbocycles. The number of carbonyl (C=O) groups is 2. The van der Waals surface area contributed by atoms with Gasteiger partial charge in [-0.25, -0.2) is 0 Å². The van der Waals surface area contributed by atoms with E-state index in [0.717, 1.165) is 23.9 Å². The fourth-order valence-corrected chi connectivity index (χ4v) is 5.46. The number of alkyl halides is 3. The Bertz CT molecular complexity index is 1290. The topological polar surface area (TPSA) is 91.4 Å². The van der Waals surface area contributed by atoms with Crippen molar-refractivity contribution in [3.8, 4) is 5.75 Å². The van der Waals surface area contributed by atoms with Crippen molar-refractivity contribution in [2.45, 2.75) is 39.0 Å². The van der Waals surface area contributed by atoms with Gasteiger partial charge in [0.15, 0.2) is 0 Å². The standard InChI is InChI=1S/C26H28F3N5O3/c1-16-12-21(37-26(27,28)29)5-2-17(16)4-7-24(35)33-10-8-19-14-34(15-20(19)9-11-33)25(36)18-3-6-22-23(13-18)31-32-30-22/h2-3,5-6,12-13,19-20H,4,7-11,14-15H2,1H3,(H,30,31,32)/t19-,20?/m1/s1. The molecule has 8 nitrogen and oxygen atoms in total. The molecule has 5 rings (SSSR count). The summed E-state index contributed by atoms with van der Waals surface area (Å²) in [6, 6.07) is 9.54. The highest BCUT2D eigenvalue weighted by Gasteiger charge is 2.38. The summed E-state index contributed by atoms with van der Waals surface area (Å²) in [5, 5.41) is 10.6. The van der Waals surface area contributed by atoms with Crippen LogP contribution < -0.4 is 4.74 Å². The maximum absolute atomic E-state index is 13.1. The number of aryl methyl sites for hydroxylation is 2. The fourth-order valence-electron chi connectivity index (χ4n) is 5.46. The predicted molar refractivity (Wildman–Crippen MR) is 129 cm³/mol. The van der Waals surface area contributed by atoms with Crippen LogP contribution in [0.4, 0.5) is 13.2 Å². The summed E-state index contributed by atoms with van der Waals surface area (Å²) in [7, 11) is 0. The van der Waals surface area contributed by atoms with Crippen LogP contribution in [0.5, 0.6) is 5.75 Å². The molecule has 2 fully saturated rings. The van der Waals surface area contributed by atoms with Crippen LogP contribution in [0.3, 0.4) is 0 Å². The largest absolute Gasteiger partial charge is 0.573 e.